The van der Waals surface area contributed by atoms with E-state index in [1.807, 2.05) is 13.1 Å². The molecule has 90 valence electrons. The van der Waals surface area contributed by atoms with E-state index in [1.54, 1.807) is 0 Å². The largest absolute Gasteiger partial charge is 0.380 e. The summed E-state index contributed by atoms with van der Waals surface area (Å²) in [4.78, 5) is 4.32. The van der Waals surface area contributed by atoms with Crippen molar-refractivity contribution in [3.8, 4) is 0 Å². The van der Waals surface area contributed by atoms with Gasteiger partial charge in [0, 0.05) is 25.9 Å². The molecule has 0 spiro atoms. The van der Waals surface area contributed by atoms with Crippen molar-refractivity contribution in [3.63, 3.8) is 0 Å². The molecule has 0 amide bonds. The van der Waals surface area contributed by atoms with Crippen LogP contribution in [0.15, 0.2) is 18.3 Å². The Morgan fingerprint density at radius 2 is 2.19 bits per heavy atom. The van der Waals surface area contributed by atoms with E-state index in [0.29, 0.717) is 0 Å². The lowest BCUT2D eigenvalue weighted by Crippen LogP contribution is -2.20. The summed E-state index contributed by atoms with van der Waals surface area (Å²) < 4.78 is 5.45. The molecule has 3 nitrogen and oxygen atoms in total. The molecule has 0 fully saturated rings. The summed E-state index contributed by atoms with van der Waals surface area (Å²) in [6.07, 6.45) is 4.25. The van der Waals surface area contributed by atoms with Crippen molar-refractivity contribution in [2.75, 3.05) is 19.8 Å². The molecule has 0 bridgehead atoms. The van der Waals surface area contributed by atoms with Crippen LogP contribution in [0.1, 0.15) is 31.0 Å². The highest BCUT2D eigenvalue weighted by molar-refractivity contribution is 5.11. The Morgan fingerprint density at radius 3 is 2.88 bits per heavy atom. The maximum atomic E-state index is 5.45. The monoisotopic (exact) mass is 222 g/mol. The Bertz CT molecular complexity index is 272. The maximum absolute atomic E-state index is 5.45. The molecular weight excluding hydrogens is 200 g/mol. The van der Waals surface area contributed by atoms with Crippen LogP contribution in [0.4, 0.5) is 0 Å². The third-order valence-corrected chi connectivity index (χ3v) is 2.34. The number of nitrogens with zero attached hydrogens (tertiary/aromatic N) is 1. The standard InChI is InChI=1S/C13H22N2O/c1-3-4-8-16-9-7-14-11-13-6-5-12(2)10-15-13/h5-6,10,14H,3-4,7-9,11H2,1-2H3. The van der Waals surface area contributed by atoms with E-state index in [1.165, 1.54) is 12.0 Å². The predicted octanol–water partition coefficient (Wildman–Crippen LogP) is 2.30. The van der Waals surface area contributed by atoms with Crippen molar-refractivity contribution in [1.82, 2.24) is 10.3 Å². The van der Waals surface area contributed by atoms with Gasteiger partial charge < -0.3 is 10.1 Å². The molecule has 1 heterocycles. The first-order valence-corrected chi connectivity index (χ1v) is 6.03. The smallest absolute Gasteiger partial charge is 0.0591 e. The molecular formula is C13H22N2O. The molecule has 0 saturated heterocycles. The molecule has 3 heteroatoms. The van der Waals surface area contributed by atoms with E-state index in [4.69, 9.17) is 4.74 Å². The number of nitrogens with one attached hydrogen (secondary N) is 1. The van der Waals surface area contributed by atoms with Crippen molar-refractivity contribution in [1.29, 1.82) is 0 Å². The van der Waals surface area contributed by atoms with Crippen molar-refractivity contribution >= 4 is 0 Å². The minimum absolute atomic E-state index is 0.784. The Labute approximate surface area is 98.2 Å². The molecule has 1 N–H and O–H groups in total. The Hall–Kier alpha value is -0.930. The number of rotatable bonds is 8. The fourth-order valence-electron chi connectivity index (χ4n) is 1.31. The molecule has 0 radical (unpaired) electrons. The highest BCUT2D eigenvalue weighted by Gasteiger charge is 1.93. The highest BCUT2D eigenvalue weighted by atomic mass is 16.5. The van der Waals surface area contributed by atoms with Crippen LogP contribution < -0.4 is 5.32 Å². The van der Waals surface area contributed by atoms with Crippen molar-refractivity contribution in [2.24, 2.45) is 0 Å². The van der Waals surface area contributed by atoms with Crippen LogP contribution in [0.2, 0.25) is 0 Å². The zero-order chi connectivity index (χ0) is 11.6. The number of pyridine rings is 1. The first-order valence-electron chi connectivity index (χ1n) is 6.03. The minimum Gasteiger partial charge on any atom is -0.380 e. The Kier molecular flexibility index (Phi) is 6.77. The summed E-state index contributed by atoms with van der Waals surface area (Å²) in [6, 6.07) is 4.14. The molecule has 0 aliphatic carbocycles. The first-order chi connectivity index (χ1) is 7.83. The third-order valence-electron chi connectivity index (χ3n) is 2.34. The van der Waals surface area contributed by atoms with Crippen molar-refractivity contribution in [2.45, 2.75) is 33.2 Å². The van der Waals surface area contributed by atoms with E-state index in [-0.39, 0.29) is 0 Å². The van der Waals surface area contributed by atoms with Gasteiger partial charge in [-0.1, -0.05) is 19.4 Å². The van der Waals surface area contributed by atoms with E-state index in [2.05, 4.69) is 29.4 Å². The van der Waals surface area contributed by atoms with Crippen molar-refractivity contribution in [3.05, 3.63) is 29.6 Å². The zero-order valence-electron chi connectivity index (χ0n) is 10.3. The highest BCUT2D eigenvalue weighted by Crippen LogP contribution is 1.97. The van der Waals surface area contributed by atoms with Crippen LogP contribution in [0, 0.1) is 6.92 Å². The third kappa shape index (κ3) is 5.83. The summed E-state index contributed by atoms with van der Waals surface area (Å²) in [5.41, 5.74) is 2.28. The molecule has 0 aromatic carbocycles. The van der Waals surface area contributed by atoms with Gasteiger partial charge in [0.2, 0.25) is 0 Å². The summed E-state index contributed by atoms with van der Waals surface area (Å²) in [5, 5.41) is 3.31. The van der Waals surface area contributed by atoms with Gasteiger partial charge in [-0.3, -0.25) is 4.98 Å². The number of unbranched alkanes of at least 4 members (excludes halogenated alkanes) is 1. The second-order valence-electron chi connectivity index (χ2n) is 3.97. The topological polar surface area (TPSA) is 34.1 Å². The van der Waals surface area contributed by atoms with Crippen LogP contribution in [0.3, 0.4) is 0 Å². The van der Waals surface area contributed by atoms with Crippen molar-refractivity contribution < 1.29 is 4.74 Å². The van der Waals surface area contributed by atoms with Crippen LogP contribution in [0.25, 0.3) is 0 Å². The SMILES string of the molecule is CCCCOCCNCc1ccc(C)cn1. The lowest BCUT2D eigenvalue weighted by Gasteiger charge is -2.05. The minimum atomic E-state index is 0.784. The number of hydrogen-bond donors (Lipinski definition) is 1. The van der Waals surface area contributed by atoms with Gasteiger partial charge in [0.15, 0.2) is 0 Å². The number of hydrogen-bond acceptors (Lipinski definition) is 3. The van der Waals surface area contributed by atoms with E-state index in [9.17, 15) is 0 Å². The Balaban J connectivity index is 2.01. The van der Waals surface area contributed by atoms with Gasteiger partial charge in [0.1, 0.15) is 0 Å². The van der Waals surface area contributed by atoms with E-state index < -0.39 is 0 Å². The number of aryl methyl sites for hydroxylation is 1. The summed E-state index contributed by atoms with van der Waals surface area (Å²) in [5.74, 6) is 0. The van der Waals surface area contributed by atoms with Crippen LogP contribution in [-0.2, 0) is 11.3 Å². The second kappa shape index (κ2) is 8.25. The molecule has 1 aromatic heterocycles. The van der Waals surface area contributed by atoms with Crippen LogP contribution in [0.5, 0.6) is 0 Å². The zero-order valence-corrected chi connectivity index (χ0v) is 10.3. The van der Waals surface area contributed by atoms with Crippen LogP contribution >= 0.6 is 0 Å². The molecule has 16 heavy (non-hydrogen) atoms. The molecule has 1 rings (SSSR count). The van der Waals surface area contributed by atoms with Crippen LogP contribution in [-0.4, -0.2) is 24.7 Å². The van der Waals surface area contributed by atoms with Gasteiger partial charge in [-0.15, -0.1) is 0 Å². The fraction of sp³-hybridized carbons (Fsp3) is 0.615. The quantitative estimate of drug-likeness (QED) is 0.685. The predicted molar refractivity (Wildman–Crippen MR) is 66.4 cm³/mol. The number of aromatic nitrogens is 1. The maximum Gasteiger partial charge on any atom is 0.0591 e. The summed E-state index contributed by atoms with van der Waals surface area (Å²) >= 11 is 0. The molecule has 0 aliphatic heterocycles. The second-order valence-corrected chi connectivity index (χ2v) is 3.97. The molecule has 0 unspecified atom stereocenters. The van der Waals surface area contributed by atoms with Gasteiger partial charge in [-0.2, -0.15) is 0 Å². The lowest BCUT2D eigenvalue weighted by atomic mass is 10.3. The molecule has 1 aromatic rings. The lowest BCUT2D eigenvalue weighted by molar-refractivity contribution is 0.133. The van der Waals surface area contributed by atoms with E-state index >= 15 is 0 Å². The number of ether oxygens (including phenoxy) is 1. The summed E-state index contributed by atoms with van der Waals surface area (Å²) in [7, 11) is 0. The molecule has 0 atom stereocenters. The average Bonchev–Trinajstić information content (AvgIpc) is 2.30. The molecule has 0 aliphatic rings. The average molecular weight is 222 g/mol. The summed E-state index contributed by atoms with van der Waals surface area (Å²) in [6.45, 7) is 7.58. The van der Waals surface area contributed by atoms with Gasteiger partial charge in [0.05, 0.1) is 12.3 Å². The van der Waals surface area contributed by atoms with Gasteiger partial charge in [-0.05, 0) is 25.0 Å². The normalized spacial score (nSPS) is 10.6. The first kappa shape index (κ1) is 13.1. The van der Waals surface area contributed by atoms with Gasteiger partial charge in [-0.25, -0.2) is 0 Å². The van der Waals surface area contributed by atoms with Gasteiger partial charge in [0.25, 0.3) is 0 Å². The Morgan fingerprint density at radius 1 is 1.31 bits per heavy atom. The van der Waals surface area contributed by atoms with E-state index in [0.717, 1.165) is 38.4 Å². The molecule has 0 saturated carbocycles. The fourth-order valence-corrected chi connectivity index (χ4v) is 1.31. The van der Waals surface area contributed by atoms with Gasteiger partial charge >= 0.3 is 0 Å².